The van der Waals surface area contributed by atoms with Crippen LogP contribution in [-0.4, -0.2) is 25.7 Å². The van der Waals surface area contributed by atoms with E-state index < -0.39 is 0 Å². The minimum Gasteiger partial charge on any atom is -0.370 e. The van der Waals surface area contributed by atoms with Crippen molar-refractivity contribution in [2.24, 2.45) is 11.8 Å². The van der Waals surface area contributed by atoms with Gasteiger partial charge in [0.2, 0.25) is 0 Å². The molecule has 1 aromatic rings. The van der Waals surface area contributed by atoms with Crippen molar-refractivity contribution in [1.82, 2.24) is 5.32 Å². The zero-order valence-corrected chi connectivity index (χ0v) is 13.6. The molecule has 0 saturated carbocycles. The quantitative estimate of drug-likeness (QED) is 0.850. The Morgan fingerprint density at radius 1 is 1.24 bits per heavy atom. The van der Waals surface area contributed by atoms with Gasteiger partial charge in [0.15, 0.2) is 0 Å². The van der Waals surface area contributed by atoms with Crippen LogP contribution in [0.25, 0.3) is 0 Å². The first-order valence-corrected chi connectivity index (χ1v) is 8.32. The molecular weight excluding hydrogens is 263 g/mol. The van der Waals surface area contributed by atoms with Crippen molar-refractivity contribution in [3.63, 3.8) is 0 Å². The summed E-state index contributed by atoms with van der Waals surface area (Å²) >= 11 is 0. The Bertz CT molecular complexity index is 416. The minimum atomic E-state index is -0.158. The summed E-state index contributed by atoms with van der Waals surface area (Å²) in [4.78, 5) is 2.41. The molecule has 0 aliphatic carbocycles. The van der Waals surface area contributed by atoms with E-state index in [1.54, 1.807) is 12.1 Å². The monoisotopic (exact) mass is 292 g/mol. The molecule has 2 nitrogen and oxygen atoms in total. The van der Waals surface area contributed by atoms with Gasteiger partial charge in [0.1, 0.15) is 5.82 Å². The van der Waals surface area contributed by atoms with Crippen molar-refractivity contribution in [1.29, 1.82) is 0 Å². The lowest BCUT2D eigenvalue weighted by atomic mass is 9.91. The van der Waals surface area contributed by atoms with E-state index in [1.807, 2.05) is 12.1 Å². The first kappa shape index (κ1) is 16.3. The lowest BCUT2D eigenvalue weighted by Crippen LogP contribution is -2.49. The van der Waals surface area contributed by atoms with Crippen LogP contribution in [0.5, 0.6) is 0 Å². The summed E-state index contributed by atoms with van der Waals surface area (Å²) in [6.45, 7) is 10.0. The third-order valence-corrected chi connectivity index (χ3v) is 4.46. The van der Waals surface area contributed by atoms with Crippen LogP contribution >= 0.6 is 0 Å². The highest BCUT2D eigenvalue weighted by Crippen LogP contribution is 2.25. The Morgan fingerprint density at radius 2 is 1.95 bits per heavy atom. The van der Waals surface area contributed by atoms with E-state index in [0.29, 0.717) is 6.04 Å². The molecule has 3 heteroatoms. The maximum Gasteiger partial charge on any atom is 0.123 e. The second-order valence-electron chi connectivity index (χ2n) is 6.72. The van der Waals surface area contributed by atoms with Crippen LogP contribution in [0.3, 0.4) is 0 Å². The van der Waals surface area contributed by atoms with Gasteiger partial charge in [-0.2, -0.15) is 0 Å². The molecule has 0 radical (unpaired) electrons. The van der Waals surface area contributed by atoms with Crippen LogP contribution in [0.1, 0.15) is 40.0 Å². The fourth-order valence-corrected chi connectivity index (χ4v) is 3.09. The average Bonchev–Trinajstić information content (AvgIpc) is 2.47. The molecule has 2 unspecified atom stereocenters. The van der Waals surface area contributed by atoms with Crippen molar-refractivity contribution in [3.05, 3.63) is 30.1 Å². The number of halogens is 1. The fraction of sp³-hybridized carbons (Fsp3) is 0.667. The standard InChI is InChI=1S/C18H29FN2/c1-4-15-11-17(20-10-9-14(2)3)13-21(12-15)18-7-5-16(19)6-8-18/h5-8,14-15,17,20H,4,9-13H2,1-3H3. The number of nitrogens with one attached hydrogen (secondary N) is 1. The number of hydrogen-bond donors (Lipinski definition) is 1. The average molecular weight is 292 g/mol. The highest BCUT2D eigenvalue weighted by Gasteiger charge is 2.26. The van der Waals surface area contributed by atoms with Gasteiger partial charge in [0, 0.05) is 24.8 Å². The van der Waals surface area contributed by atoms with Crippen LogP contribution in [0, 0.1) is 17.7 Å². The van der Waals surface area contributed by atoms with Crippen LogP contribution in [0.4, 0.5) is 10.1 Å². The van der Waals surface area contributed by atoms with E-state index in [1.165, 1.54) is 19.3 Å². The first-order chi connectivity index (χ1) is 10.1. The largest absolute Gasteiger partial charge is 0.370 e. The topological polar surface area (TPSA) is 15.3 Å². The van der Waals surface area contributed by atoms with E-state index >= 15 is 0 Å². The number of rotatable bonds is 6. The second-order valence-corrected chi connectivity index (χ2v) is 6.72. The Balaban J connectivity index is 1.96. The molecule has 1 saturated heterocycles. The number of nitrogens with zero attached hydrogens (tertiary/aromatic N) is 1. The highest BCUT2D eigenvalue weighted by atomic mass is 19.1. The summed E-state index contributed by atoms with van der Waals surface area (Å²) in [6.07, 6.45) is 3.69. The summed E-state index contributed by atoms with van der Waals surface area (Å²) in [7, 11) is 0. The van der Waals surface area contributed by atoms with E-state index in [-0.39, 0.29) is 5.82 Å². The Labute approximate surface area is 128 Å². The first-order valence-electron chi connectivity index (χ1n) is 8.32. The van der Waals surface area contributed by atoms with Crippen LogP contribution < -0.4 is 10.2 Å². The summed E-state index contributed by atoms with van der Waals surface area (Å²) in [6, 6.07) is 7.47. The van der Waals surface area contributed by atoms with Gasteiger partial charge in [-0.05, 0) is 55.5 Å². The molecule has 1 aliphatic rings. The van der Waals surface area contributed by atoms with Crippen molar-refractivity contribution in [2.75, 3.05) is 24.5 Å². The summed E-state index contributed by atoms with van der Waals surface area (Å²) in [5.41, 5.74) is 1.14. The van der Waals surface area contributed by atoms with Crippen LogP contribution in [-0.2, 0) is 0 Å². The second kappa shape index (κ2) is 7.79. The highest BCUT2D eigenvalue weighted by molar-refractivity contribution is 5.47. The van der Waals surface area contributed by atoms with Gasteiger partial charge in [-0.15, -0.1) is 0 Å². The van der Waals surface area contributed by atoms with Gasteiger partial charge in [-0.1, -0.05) is 27.2 Å². The van der Waals surface area contributed by atoms with Crippen molar-refractivity contribution < 1.29 is 4.39 Å². The maximum absolute atomic E-state index is 13.1. The molecule has 1 aromatic carbocycles. The fourth-order valence-electron chi connectivity index (χ4n) is 3.09. The molecule has 0 amide bonds. The number of anilines is 1. The third kappa shape index (κ3) is 4.99. The molecule has 0 aromatic heterocycles. The SMILES string of the molecule is CCC1CC(NCCC(C)C)CN(c2ccc(F)cc2)C1. The molecule has 2 atom stereocenters. The molecule has 1 N–H and O–H groups in total. The molecule has 1 aliphatic heterocycles. The van der Waals surface area contributed by atoms with E-state index in [0.717, 1.165) is 37.2 Å². The zero-order valence-electron chi connectivity index (χ0n) is 13.6. The lowest BCUT2D eigenvalue weighted by molar-refractivity contribution is 0.322. The van der Waals surface area contributed by atoms with E-state index in [2.05, 4.69) is 31.0 Å². The van der Waals surface area contributed by atoms with E-state index in [9.17, 15) is 4.39 Å². The zero-order chi connectivity index (χ0) is 15.2. The van der Waals surface area contributed by atoms with Crippen molar-refractivity contribution >= 4 is 5.69 Å². The molecular formula is C18H29FN2. The normalized spacial score (nSPS) is 22.8. The summed E-state index contributed by atoms with van der Waals surface area (Å²) < 4.78 is 13.1. The summed E-state index contributed by atoms with van der Waals surface area (Å²) in [5.74, 6) is 1.31. The Morgan fingerprint density at radius 3 is 2.57 bits per heavy atom. The maximum atomic E-state index is 13.1. The van der Waals surface area contributed by atoms with Gasteiger partial charge in [0.05, 0.1) is 0 Å². The molecule has 2 rings (SSSR count). The predicted octanol–water partition coefficient (Wildman–Crippen LogP) is 4.07. The van der Waals surface area contributed by atoms with Gasteiger partial charge >= 0.3 is 0 Å². The van der Waals surface area contributed by atoms with Crippen molar-refractivity contribution in [2.45, 2.75) is 46.1 Å². The smallest absolute Gasteiger partial charge is 0.123 e. The molecule has 0 bridgehead atoms. The molecule has 1 heterocycles. The number of benzene rings is 1. The lowest BCUT2D eigenvalue weighted by Gasteiger charge is -2.39. The molecule has 1 fully saturated rings. The van der Waals surface area contributed by atoms with E-state index in [4.69, 9.17) is 0 Å². The molecule has 21 heavy (non-hydrogen) atoms. The Kier molecular flexibility index (Phi) is 6.04. The number of hydrogen-bond acceptors (Lipinski definition) is 2. The van der Waals surface area contributed by atoms with Crippen LogP contribution in [0.2, 0.25) is 0 Å². The van der Waals surface area contributed by atoms with Crippen molar-refractivity contribution in [3.8, 4) is 0 Å². The molecule has 118 valence electrons. The van der Waals surface area contributed by atoms with Gasteiger partial charge in [-0.25, -0.2) is 4.39 Å². The third-order valence-electron chi connectivity index (χ3n) is 4.46. The summed E-state index contributed by atoms with van der Waals surface area (Å²) in [5, 5.41) is 3.71. The molecule has 0 spiro atoms. The minimum absolute atomic E-state index is 0.158. The van der Waals surface area contributed by atoms with Gasteiger partial charge in [-0.3, -0.25) is 0 Å². The van der Waals surface area contributed by atoms with Gasteiger partial charge < -0.3 is 10.2 Å². The van der Waals surface area contributed by atoms with Crippen LogP contribution in [0.15, 0.2) is 24.3 Å². The number of piperidine rings is 1. The predicted molar refractivity (Wildman–Crippen MR) is 88.3 cm³/mol. The van der Waals surface area contributed by atoms with Gasteiger partial charge in [0.25, 0.3) is 0 Å². The Hall–Kier alpha value is -1.09.